The Morgan fingerprint density at radius 3 is 2.67 bits per heavy atom. The number of anilines is 1. The van der Waals surface area contributed by atoms with Crippen LogP contribution < -0.4 is 10.6 Å². The summed E-state index contributed by atoms with van der Waals surface area (Å²) in [4.78, 5) is 24.7. The lowest BCUT2D eigenvalue weighted by Gasteiger charge is -2.27. The molecule has 0 bridgehead atoms. The van der Waals surface area contributed by atoms with Gasteiger partial charge in [0.25, 0.3) is 0 Å². The number of esters is 1. The molecule has 1 aliphatic heterocycles. The number of benzene rings is 2. The van der Waals surface area contributed by atoms with E-state index < -0.39 is 6.04 Å². The van der Waals surface area contributed by atoms with Crippen LogP contribution in [0.4, 0.5) is 5.69 Å². The van der Waals surface area contributed by atoms with E-state index >= 15 is 0 Å². The number of hydrogen-bond donors (Lipinski definition) is 2. The lowest BCUT2D eigenvalue weighted by Crippen LogP contribution is -2.38. The Morgan fingerprint density at radius 2 is 1.96 bits per heavy atom. The molecule has 0 spiro atoms. The molecule has 3 rings (SSSR count). The van der Waals surface area contributed by atoms with Crippen LogP contribution in [0.25, 0.3) is 0 Å². The first-order valence-corrected chi connectivity index (χ1v) is 9.83. The third-order valence-electron chi connectivity index (χ3n) is 4.39. The van der Waals surface area contributed by atoms with Crippen LogP contribution >= 0.6 is 15.9 Å². The molecule has 142 valence electrons. The van der Waals surface area contributed by atoms with Gasteiger partial charge in [-0.25, -0.2) is 4.79 Å². The van der Waals surface area contributed by atoms with E-state index in [1.807, 2.05) is 32.0 Å². The van der Waals surface area contributed by atoms with E-state index in [1.54, 1.807) is 24.3 Å². The second kappa shape index (κ2) is 8.67. The molecule has 2 aromatic rings. The highest BCUT2D eigenvalue weighted by Crippen LogP contribution is 2.29. The number of nitrogens with one attached hydrogen (secondary N) is 2. The van der Waals surface area contributed by atoms with Crippen molar-refractivity contribution in [3.63, 3.8) is 0 Å². The molecule has 1 heterocycles. The van der Waals surface area contributed by atoms with E-state index in [4.69, 9.17) is 4.74 Å². The van der Waals surface area contributed by atoms with E-state index in [-0.39, 0.29) is 11.9 Å². The smallest absolute Gasteiger partial charge is 0.338 e. The predicted molar refractivity (Wildman–Crippen MR) is 109 cm³/mol. The number of halogens is 1. The average molecular weight is 431 g/mol. The van der Waals surface area contributed by atoms with Gasteiger partial charge < -0.3 is 15.4 Å². The van der Waals surface area contributed by atoms with Crippen LogP contribution in [0.5, 0.6) is 0 Å². The van der Waals surface area contributed by atoms with E-state index in [1.165, 1.54) is 5.56 Å². The van der Waals surface area contributed by atoms with Gasteiger partial charge in [-0.3, -0.25) is 4.79 Å². The first-order valence-electron chi connectivity index (χ1n) is 9.04. The molecule has 0 saturated carbocycles. The van der Waals surface area contributed by atoms with Crippen LogP contribution in [0.1, 0.15) is 41.4 Å². The van der Waals surface area contributed by atoms with Gasteiger partial charge in [-0.2, -0.15) is 0 Å². The van der Waals surface area contributed by atoms with Crippen molar-refractivity contribution in [2.45, 2.75) is 26.3 Å². The van der Waals surface area contributed by atoms with E-state index in [0.29, 0.717) is 23.8 Å². The minimum absolute atomic E-state index is 0.121. The first kappa shape index (κ1) is 19.6. The molecule has 2 aromatic carbocycles. The van der Waals surface area contributed by atoms with Crippen molar-refractivity contribution in [2.75, 3.05) is 18.5 Å². The monoisotopic (exact) mass is 430 g/mol. The Labute approximate surface area is 167 Å². The molecule has 6 heteroatoms. The summed E-state index contributed by atoms with van der Waals surface area (Å²) in [6, 6.07) is 12.3. The van der Waals surface area contributed by atoms with Crippen LogP contribution in [-0.2, 0) is 16.0 Å². The number of ether oxygens (including phenoxy) is 1. The van der Waals surface area contributed by atoms with Crippen molar-refractivity contribution in [2.24, 2.45) is 5.92 Å². The molecule has 1 amide bonds. The van der Waals surface area contributed by atoms with Crippen LogP contribution in [0.3, 0.4) is 0 Å². The van der Waals surface area contributed by atoms with Crippen LogP contribution in [0.2, 0.25) is 0 Å². The number of carbonyl (C=O) groups excluding carboxylic acids is 2. The zero-order chi connectivity index (χ0) is 19.4. The van der Waals surface area contributed by atoms with Crippen LogP contribution in [0, 0.1) is 5.92 Å². The molecule has 27 heavy (non-hydrogen) atoms. The van der Waals surface area contributed by atoms with Gasteiger partial charge in [-0.05, 0) is 53.8 Å². The van der Waals surface area contributed by atoms with Crippen molar-refractivity contribution in [1.29, 1.82) is 0 Å². The fourth-order valence-corrected chi connectivity index (χ4v) is 3.60. The van der Waals surface area contributed by atoms with Gasteiger partial charge in [0, 0.05) is 16.7 Å². The summed E-state index contributed by atoms with van der Waals surface area (Å²) < 4.78 is 6.25. The van der Waals surface area contributed by atoms with Gasteiger partial charge in [-0.1, -0.05) is 41.9 Å². The van der Waals surface area contributed by atoms with Gasteiger partial charge in [0.05, 0.1) is 12.2 Å². The number of amides is 1. The number of hydrogen-bond acceptors (Lipinski definition) is 4. The molecule has 0 radical (unpaired) electrons. The lowest BCUT2D eigenvalue weighted by molar-refractivity contribution is -0.118. The highest BCUT2D eigenvalue weighted by atomic mass is 79.9. The van der Waals surface area contributed by atoms with Gasteiger partial charge in [0.1, 0.15) is 6.04 Å². The molecule has 5 nitrogen and oxygen atoms in total. The van der Waals surface area contributed by atoms with Crippen LogP contribution in [0.15, 0.2) is 46.9 Å². The largest absolute Gasteiger partial charge is 0.462 e. The van der Waals surface area contributed by atoms with Crippen molar-refractivity contribution in [3.8, 4) is 0 Å². The van der Waals surface area contributed by atoms with Crippen LogP contribution in [-0.4, -0.2) is 25.0 Å². The predicted octanol–water partition coefficient (Wildman–Crippen LogP) is 4.09. The van der Waals surface area contributed by atoms with Crippen molar-refractivity contribution in [3.05, 3.63) is 63.6 Å². The Bertz CT molecular complexity index is 834. The fourth-order valence-electron chi connectivity index (χ4n) is 3.02. The molecule has 0 fully saturated rings. The molecule has 1 atom stereocenters. The van der Waals surface area contributed by atoms with Gasteiger partial charge in [0.15, 0.2) is 0 Å². The highest BCUT2D eigenvalue weighted by Gasteiger charge is 2.27. The lowest BCUT2D eigenvalue weighted by atomic mass is 9.94. The third-order valence-corrected chi connectivity index (χ3v) is 5.13. The Morgan fingerprint density at radius 1 is 1.22 bits per heavy atom. The second-order valence-corrected chi connectivity index (χ2v) is 7.86. The number of carbonyl (C=O) groups is 2. The average Bonchev–Trinajstić information content (AvgIpc) is 2.66. The summed E-state index contributed by atoms with van der Waals surface area (Å²) in [5.41, 5.74) is 3.27. The van der Waals surface area contributed by atoms with Gasteiger partial charge >= 0.3 is 5.97 Å². The number of rotatable bonds is 5. The molecule has 0 saturated heterocycles. The fraction of sp³-hybridized carbons (Fsp3) is 0.333. The summed E-state index contributed by atoms with van der Waals surface area (Å²) in [5.74, 6) is -0.183. The topological polar surface area (TPSA) is 67.4 Å². The van der Waals surface area contributed by atoms with Crippen molar-refractivity contribution < 1.29 is 14.3 Å². The molecular formula is C21H23BrN2O3. The maximum absolute atomic E-state index is 12.8. The Balaban J connectivity index is 1.67. The molecule has 0 aromatic heterocycles. The first-order chi connectivity index (χ1) is 13.0. The summed E-state index contributed by atoms with van der Waals surface area (Å²) >= 11 is 3.57. The third kappa shape index (κ3) is 4.76. The molecule has 1 unspecified atom stereocenters. The molecule has 2 N–H and O–H groups in total. The summed E-state index contributed by atoms with van der Waals surface area (Å²) in [5, 5.41) is 6.19. The summed E-state index contributed by atoms with van der Waals surface area (Å²) in [6.07, 6.45) is 0.883. The molecular weight excluding hydrogens is 408 g/mol. The quantitative estimate of drug-likeness (QED) is 0.700. The van der Waals surface area contributed by atoms with Crippen molar-refractivity contribution >= 4 is 33.5 Å². The normalized spacial score (nSPS) is 15.9. The van der Waals surface area contributed by atoms with Gasteiger partial charge in [0.2, 0.25) is 5.91 Å². The van der Waals surface area contributed by atoms with Gasteiger partial charge in [-0.15, -0.1) is 0 Å². The summed E-state index contributed by atoms with van der Waals surface area (Å²) in [7, 11) is 0. The van der Waals surface area contributed by atoms with E-state index in [9.17, 15) is 9.59 Å². The highest BCUT2D eigenvalue weighted by molar-refractivity contribution is 9.10. The van der Waals surface area contributed by atoms with E-state index in [0.717, 1.165) is 23.0 Å². The zero-order valence-corrected chi connectivity index (χ0v) is 17.0. The molecule has 0 aliphatic carbocycles. The SMILES string of the molecule is CC(C)COC(=O)c1ccc(NC(=O)C2NCCc3c(Br)cccc32)cc1. The van der Waals surface area contributed by atoms with E-state index in [2.05, 4.69) is 26.6 Å². The maximum Gasteiger partial charge on any atom is 0.338 e. The minimum Gasteiger partial charge on any atom is -0.462 e. The second-order valence-electron chi connectivity index (χ2n) is 7.00. The maximum atomic E-state index is 12.8. The van der Waals surface area contributed by atoms with Crippen molar-refractivity contribution in [1.82, 2.24) is 5.32 Å². The summed E-state index contributed by atoms with van der Waals surface area (Å²) in [6.45, 7) is 5.11. The minimum atomic E-state index is -0.401. The zero-order valence-electron chi connectivity index (χ0n) is 15.4. The molecule has 1 aliphatic rings. The Hall–Kier alpha value is -2.18. The number of fused-ring (bicyclic) bond motifs is 1. The Kier molecular flexibility index (Phi) is 6.29. The standard InChI is InChI=1S/C21H23BrN2O3/c1-13(2)12-27-21(26)14-6-8-15(9-7-14)24-20(25)19-17-4-3-5-18(22)16(17)10-11-23-19/h3-9,13,19,23H,10-12H2,1-2H3,(H,24,25).